The van der Waals surface area contributed by atoms with E-state index in [0.29, 0.717) is 22.2 Å². The molecule has 2 N–H and O–H groups in total. The highest BCUT2D eigenvalue weighted by Gasteiger charge is 2.31. The Morgan fingerprint density at radius 1 is 1.20 bits per heavy atom. The lowest BCUT2D eigenvalue weighted by Gasteiger charge is -2.09. The predicted octanol–water partition coefficient (Wildman–Crippen LogP) is 4.67. The zero-order valence-electron chi connectivity index (χ0n) is 13.1. The maximum atomic E-state index is 12.5. The van der Waals surface area contributed by atoms with Gasteiger partial charge in [-0.25, -0.2) is 0 Å². The predicted molar refractivity (Wildman–Crippen MR) is 86.5 cm³/mol. The van der Waals surface area contributed by atoms with Crippen LogP contribution in [-0.4, -0.2) is 22.4 Å². The SMILES string of the molecule is Cc1ccccc1-c1[nH]c2ccc(OC(F)(F)F)cc2c1CC(=O)O. The van der Waals surface area contributed by atoms with Gasteiger partial charge < -0.3 is 14.8 Å². The number of ether oxygens (including phenoxy) is 1. The second kappa shape index (κ2) is 6.16. The number of nitrogens with one attached hydrogen (secondary N) is 1. The van der Waals surface area contributed by atoms with Crippen molar-refractivity contribution in [3.05, 3.63) is 53.6 Å². The molecular weight excluding hydrogens is 335 g/mol. The molecular formula is C18H14F3NO3. The van der Waals surface area contributed by atoms with Crippen LogP contribution >= 0.6 is 0 Å². The van der Waals surface area contributed by atoms with E-state index in [0.717, 1.165) is 11.1 Å². The molecule has 4 nitrogen and oxygen atoms in total. The normalized spacial score (nSPS) is 11.7. The molecule has 0 amide bonds. The molecule has 1 aromatic heterocycles. The van der Waals surface area contributed by atoms with Crippen molar-refractivity contribution in [3.8, 4) is 17.0 Å². The number of aliphatic carboxylic acids is 1. The summed E-state index contributed by atoms with van der Waals surface area (Å²) < 4.78 is 41.3. The highest BCUT2D eigenvalue weighted by atomic mass is 19.4. The summed E-state index contributed by atoms with van der Waals surface area (Å²) in [6.45, 7) is 1.88. The van der Waals surface area contributed by atoms with Crippen molar-refractivity contribution in [1.82, 2.24) is 4.98 Å². The largest absolute Gasteiger partial charge is 0.573 e. The van der Waals surface area contributed by atoms with Crippen LogP contribution in [0.15, 0.2) is 42.5 Å². The minimum atomic E-state index is -4.81. The molecule has 3 aromatic rings. The van der Waals surface area contributed by atoms with Crippen molar-refractivity contribution in [2.24, 2.45) is 0 Å². The van der Waals surface area contributed by atoms with Crippen LogP contribution in [0.25, 0.3) is 22.2 Å². The van der Waals surface area contributed by atoms with E-state index < -0.39 is 12.3 Å². The highest BCUT2D eigenvalue weighted by Crippen LogP contribution is 2.35. The Morgan fingerprint density at radius 3 is 2.56 bits per heavy atom. The van der Waals surface area contributed by atoms with Crippen molar-refractivity contribution in [1.29, 1.82) is 0 Å². The van der Waals surface area contributed by atoms with Crippen LogP contribution in [0.2, 0.25) is 0 Å². The minimum absolute atomic E-state index is 0.320. The van der Waals surface area contributed by atoms with Crippen LogP contribution in [-0.2, 0) is 11.2 Å². The first-order valence-corrected chi connectivity index (χ1v) is 7.43. The van der Waals surface area contributed by atoms with Crippen molar-refractivity contribution >= 4 is 16.9 Å². The molecule has 25 heavy (non-hydrogen) atoms. The molecule has 0 atom stereocenters. The molecule has 0 fully saturated rings. The Balaban J connectivity index is 2.20. The van der Waals surface area contributed by atoms with Crippen LogP contribution < -0.4 is 4.74 Å². The number of rotatable bonds is 4. The minimum Gasteiger partial charge on any atom is -0.481 e. The smallest absolute Gasteiger partial charge is 0.481 e. The Kier molecular flexibility index (Phi) is 4.16. The van der Waals surface area contributed by atoms with Gasteiger partial charge in [-0.3, -0.25) is 4.79 Å². The summed E-state index contributed by atoms with van der Waals surface area (Å²) >= 11 is 0. The van der Waals surface area contributed by atoms with Gasteiger partial charge >= 0.3 is 12.3 Å². The van der Waals surface area contributed by atoms with Crippen molar-refractivity contribution in [3.63, 3.8) is 0 Å². The van der Waals surface area contributed by atoms with Gasteiger partial charge in [-0.15, -0.1) is 13.2 Å². The molecule has 2 aromatic carbocycles. The molecule has 0 unspecified atom stereocenters. The summed E-state index contributed by atoms with van der Waals surface area (Å²) in [7, 11) is 0. The number of benzene rings is 2. The van der Waals surface area contributed by atoms with Crippen LogP contribution in [0.1, 0.15) is 11.1 Å². The molecule has 0 spiro atoms. The molecule has 0 aliphatic rings. The average molecular weight is 349 g/mol. The summed E-state index contributed by atoms with van der Waals surface area (Å²) in [6, 6.07) is 11.2. The number of fused-ring (bicyclic) bond motifs is 1. The lowest BCUT2D eigenvalue weighted by atomic mass is 9.99. The Labute approximate surface area is 140 Å². The van der Waals surface area contributed by atoms with Gasteiger partial charge in [0, 0.05) is 16.5 Å². The van der Waals surface area contributed by atoms with Gasteiger partial charge in [0.1, 0.15) is 5.75 Å². The second-order valence-corrected chi connectivity index (χ2v) is 5.62. The Bertz CT molecular complexity index is 944. The number of carbonyl (C=O) groups is 1. The molecule has 0 saturated heterocycles. The number of aromatic nitrogens is 1. The van der Waals surface area contributed by atoms with Crippen LogP contribution in [0.3, 0.4) is 0 Å². The molecule has 0 bridgehead atoms. The van der Waals surface area contributed by atoms with E-state index in [9.17, 15) is 23.1 Å². The topological polar surface area (TPSA) is 62.3 Å². The van der Waals surface area contributed by atoms with E-state index >= 15 is 0 Å². The van der Waals surface area contributed by atoms with Crippen molar-refractivity contribution < 1.29 is 27.8 Å². The highest BCUT2D eigenvalue weighted by molar-refractivity contribution is 5.95. The van der Waals surface area contributed by atoms with E-state index in [2.05, 4.69) is 9.72 Å². The van der Waals surface area contributed by atoms with Crippen LogP contribution in [0, 0.1) is 6.92 Å². The zero-order valence-corrected chi connectivity index (χ0v) is 13.1. The molecule has 0 aliphatic carbocycles. The lowest BCUT2D eigenvalue weighted by Crippen LogP contribution is -2.17. The van der Waals surface area contributed by atoms with Gasteiger partial charge in [0.15, 0.2) is 0 Å². The Morgan fingerprint density at radius 2 is 1.92 bits per heavy atom. The molecule has 7 heteroatoms. The van der Waals surface area contributed by atoms with Crippen molar-refractivity contribution in [2.45, 2.75) is 19.7 Å². The number of H-pyrrole nitrogens is 1. The van der Waals surface area contributed by atoms with Gasteiger partial charge in [-0.05, 0) is 36.2 Å². The number of hydrogen-bond acceptors (Lipinski definition) is 2. The summed E-state index contributed by atoms with van der Waals surface area (Å²) in [5.41, 5.74) is 3.27. The number of carboxylic acid groups (broad SMARTS) is 1. The third-order valence-electron chi connectivity index (χ3n) is 3.85. The summed E-state index contributed by atoms with van der Waals surface area (Å²) in [6.07, 6.45) is -5.13. The van der Waals surface area contributed by atoms with E-state index in [-0.39, 0.29) is 12.2 Å². The summed E-state index contributed by atoms with van der Waals surface area (Å²) in [5.74, 6) is -1.46. The lowest BCUT2D eigenvalue weighted by molar-refractivity contribution is -0.274. The first kappa shape index (κ1) is 16.9. The average Bonchev–Trinajstić information content (AvgIpc) is 2.84. The standard InChI is InChI=1S/C18H14F3NO3/c1-10-4-2-3-5-12(10)17-14(9-16(23)24)13-8-11(25-18(19,20)21)6-7-15(13)22-17/h2-8,22H,9H2,1H3,(H,23,24). The fourth-order valence-corrected chi connectivity index (χ4v) is 2.84. The fraction of sp³-hybridized carbons (Fsp3) is 0.167. The third-order valence-corrected chi connectivity index (χ3v) is 3.85. The number of hydrogen-bond donors (Lipinski definition) is 2. The van der Waals surface area contributed by atoms with Gasteiger partial charge in [-0.2, -0.15) is 0 Å². The summed E-state index contributed by atoms with van der Waals surface area (Å²) in [4.78, 5) is 14.4. The number of carboxylic acids is 1. The van der Waals surface area contributed by atoms with E-state index in [1.807, 2.05) is 31.2 Å². The number of alkyl halides is 3. The molecule has 0 saturated carbocycles. The van der Waals surface area contributed by atoms with E-state index in [1.165, 1.54) is 18.2 Å². The van der Waals surface area contributed by atoms with Gasteiger partial charge in [0.05, 0.1) is 12.1 Å². The number of aryl methyl sites for hydroxylation is 1. The first-order chi connectivity index (χ1) is 11.7. The quantitative estimate of drug-likeness (QED) is 0.719. The third kappa shape index (κ3) is 3.60. The molecule has 0 radical (unpaired) electrons. The van der Waals surface area contributed by atoms with Gasteiger partial charge in [-0.1, -0.05) is 24.3 Å². The molecule has 130 valence electrons. The maximum Gasteiger partial charge on any atom is 0.573 e. The van der Waals surface area contributed by atoms with Crippen molar-refractivity contribution in [2.75, 3.05) is 0 Å². The van der Waals surface area contributed by atoms with Crippen LogP contribution in [0.5, 0.6) is 5.75 Å². The number of halogens is 3. The first-order valence-electron chi connectivity index (χ1n) is 7.43. The number of aromatic amines is 1. The fourth-order valence-electron chi connectivity index (χ4n) is 2.84. The van der Waals surface area contributed by atoms with E-state index in [4.69, 9.17) is 0 Å². The summed E-state index contributed by atoms with van der Waals surface area (Å²) in [5, 5.41) is 9.61. The maximum absolute atomic E-state index is 12.5. The molecule has 0 aliphatic heterocycles. The monoisotopic (exact) mass is 349 g/mol. The van der Waals surface area contributed by atoms with E-state index in [1.54, 1.807) is 0 Å². The molecule has 3 rings (SSSR count). The Hall–Kier alpha value is -2.96. The zero-order chi connectivity index (χ0) is 18.2. The second-order valence-electron chi connectivity index (χ2n) is 5.62. The molecule has 1 heterocycles. The van der Waals surface area contributed by atoms with Gasteiger partial charge in [0.25, 0.3) is 0 Å². The van der Waals surface area contributed by atoms with Gasteiger partial charge in [0.2, 0.25) is 0 Å². The van der Waals surface area contributed by atoms with Crippen LogP contribution in [0.4, 0.5) is 13.2 Å².